The number of hydrogen-bond acceptors (Lipinski definition) is 4. The highest BCUT2D eigenvalue weighted by molar-refractivity contribution is 7.17. The average molecular weight is 348 g/mol. The maximum Gasteiger partial charge on any atom is 0.332 e. The van der Waals surface area contributed by atoms with E-state index in [2.05, 4.69) is 0 Å². The first kappa shape index (κ1) is 16.6. The zero-order valence-electron chi connectivity index (χ0n) is 13.2. The molecule has 0 aliphatic rings. The van der Waals surface area contributed by atoms with E-state index in [9.17, 15) is 14.0 Å². The first-order chi connectivity index (χ1) is 11.5. The third kappa shape index (κ3) is 2.81. The van der Waals surface area contributed by atoms with Crippen LogP contribution in [0.25, 0.3) is 10.2 Å². The predicted octanol–water partition coefficient (Wildman–Crippen LogP) is 1.91. The van der Waals surface area contributed by atoms with Crippen molar-refractivity contribution in [2.75, 3.05) is 6.61 Å². The van der Waals surface area contributed by atoms with E-state index in [1.165, 1.54) is 22.0 Å². The summed E-state index contributed by atoms with van der Waals surface area (Å²) in [7, 11) is 0. The van der Waals surface area contributed by atoms with Crippen molar-refractivity contribution in [2.24, 2.45) is 0 Å². The topological polar surface area (TPSA) is 64.2 Å². The number of hydrogen-bond donors (Lipinski definition) is 1. The highest BCUT2D eigenvalue weighted by Crippen LogP contribution is 2.21. The molecular weight excluding hydrogens is 331 g/mol. The Morgan fingerprint density at radius 3 is 2.62 bits per heavy atom. The first-order valence-corrected chi connectivity index (χ1v) is 8.48. The van der Waals surface area contributed by atoms with E-state index in [0.29, 0.717) is 22.2 Å². The zero-order chi connectivity index (χ0) is 17.3. The van der Waals surface area contributed by atoms with Gasteiger partial charge in [-0.25, -0.2) is 9.18 Å². The Balaban J connectivity index is 2.11. The van der Waals surface area contributed by atoms with Gasteiger partial charge in [-0.3, -0.25) is 13.9 Å². The van der Waals surface area contributed by atoms with Crippen molar-refractivity contribution in [1.29, 1.82) is 0 Å². The van der Waals surface area contributed by atoms with Crippen LogP contribution in [0.15, 0.2) is 39.2 Å². The van der Waals surface area contributed by atoms with Crippen molar-refractivity contribution in [3.8, 4) is 0 Å². The van der Waals surface area contributed by atoms with Gasteiger partial charge in [0.2, 0.25) is 0 Å². The summed E-state index contributed by atoms with van der Waals surface area (Å²) in [5, 5.41) is 11.5. The Hall–Kier alpha value is -2.25. The Morgan fingerprint density at radius 2 is 1.92 bits per heavy atom. The fraction of sp³-hybridized carbons (Fsp3) is 0.294. The van der Waals surface area contributed by atoms with Gasteiger partial charge in [0, 0.05) is 6.54 Å². The SMILES string of the molecule is Cc1csc2c1c(=O)n(CCO)c(=O)n2CCc1ccccc1F. The molecule has 7 heteroatoms. The summed E-state index contributed by atoms with van der Waals surface area (Å²) >= 11 is 1.33. The molecule has 0 aliphatic heterocycles. The van der Waals surface area contributed by atoms with Crippen molar-refractivity contribution < 1.29 is 9.50 Å². The minimum absolute atomic E-state index is 0.0530. The van der Waals surface area contributed by atoms with Gasteiger partial charge in [-0.2, -0.15) is 0 Å². The molecular formula is C17H17FN2O3S. The van der Waals surface area contributed by atoms with Gasteiger partial charge in [-0.15, -0.1) is 11.3 Å². The van der Waals surface area contributed by atoms with Crippen LogP contribution in [0.3, 0.4) is 0 Å². The highest BCUT2D eigenvalue weighted by atomic mass is 32.1. The van der Waals surface area contributed by atoms with E-state index in [-0.39, 0.29) is 31.1 Å². The fourth-order valence-corrected chi connectivity index (χ4v) is 3.84. The molecule has 126 valence electrons. The molecule has 0 aliphatic carbocycles. The van der Waals surface area contributed by atoms with Gasteiger partial charge in [0.1, 0.15) is 10.6 Å². The monoisotopic (exact) mass is 348 g/mol. The van der Waals surface area contributed by atoms with E-state index in [1.54, 1.807) is 18.2 Å². The normalized spacial score (nSPS) is 11.3. The van der Waals surface area contributed by atoms with Crippen molar-refractivity contribution >= 4 is 21.6 Å². The van der Waals surface area contributed by atoms with Gasteiger partial charge in [-0.1, -0.05) is 18.2 Å². The second kappa shape index (κ2) is 6.70. The van der Waals surface area contributed by atoms with Crippen LogP contribution < -0.4 is 11.2 Å². The summed E-state index contributed by atoms with van der Waals surface area (Å²) in [6.07, 6.45) is 0.343. The zero-order valence-corrected chi connectivity index (χ0v) is 14.0. The third-order valence-electron chi connectivity index (χ3n) is 4.01. The van der Waals surface area contributed by atoms with Gasteiger partial charge < -0.3 is 5.11 Å². The number of fused-ring (bicyclic) bond motifs is 1. The summed E-state index contributed by atoms with van der Waals surface area (Å²) in [6, 6.07) is 6.43. The lowest BCUT2D eigenvalue weighted by atomic mass is 10.1. The molecule has 0 amide bonds. The molecule has 1 aromatic carbocycles. The molecule has 0 saturated carbocycles. The average Bonchev–Trinajstić information content (AvgIpc) is 2.95. The Bertz CT molecular complexity index is 1000. The van der Waals surface area contributed by atoms with E-state index < -0.39 is 5.69 Å². The van der Waals surface area contributed by atoms with Crippen LogP contribution in [-0.2, 0) is 19.5 Å². The molecule has 0 atom stereocenters. The molecule has 24 heavy (non-hydrogen) atoms. The van der Waals surface area contributed by atoms with Crippen LogP contribution in [0, 0.1) is 12.7 Å². The predicted molar refractivity (Wildman–Crippen MR) is 92.3 cm³/mol. The number of rotatable bonds is 5. The molecule has 0 bridgehead atoms. The minimum atomic E-state index is -0.472. The number of aryl methyl sites for hydroxylation is 3. The van der Waals surface area contributed by atoms with Crippen LogP contribution in [0.1, 0.15) is 11.1 Å². The van der Waals surface area contributed by atoms with Crippen LogP contribution >= 0.6 is 11.3 Å². The van der Waals surface area contributed by atoms with Crippen molar-refractivity contribution in [1.82, 2.24) is 9.13 Å². The Morgan fingerprint density at radius 1 is 1.17 bits per heavy atom. The highest BCUT2D eigenvalue weighted by Gasteiger charge is 2.16. The lowest BCUT2D eigenvalue weighted by molar-refractivity contribution is 0.270. The fourth-order valence-electron chi connectivity index (χ4n) is 2.77. The smallest absolute Gasteiger partial charge is 0.332 e. The van der Waals surface area contributed by atoms with Crippen molar-refractivity contribution in [3.05, 3.63) is 67.4 Å². The van der Waals surface area contributed by atoms with Crippen LogP contribution in [-0.4, -0.2) is 20.8 Å². The van der Waals surface area contributed by atoms with Crippen LogP contribution in [0.4, 0.5) is 4.39 Å². The maximum absolute atomic E-state index is 13.8. The summed E-state index contributed by atoms with van der Waals surface area (Å²) in [5.41, 5.74) is 0.460. The van der Waals surface area contributed by atoms with E-state index in [4.69, 9.17) is 5.11 Å². The standard InChI is InChI=1S/C17H17FN2O3S/c1-11-10-24-16-14(11)15(22)19(8-9-21)17(23)20(16)7-6-12-4-2-3-5-13(12)18/h2-5,10,21H,6-9H2,1H3. The molecule has 3 aromatic rings. The summed E-state index contributed by atoms with van der Waals surface area (Å²) in [4.78, 5) is 25.7. The van der Waals surface area contributed by atoms with Gasteiger partial charge in [0.25, 0.3) is 5.56 Å². The minimum Gasteiger partial charge on any atom is -0.395 e. The molecule has 0 spiro atoms. The quantitative estimate of drug-likeness (QED) is 0.766. The molecule has 3 rings (SSSR count). The van der Waals surface area contributed by atoms with Gasteiger partial charge in [0.15, 0.2) is 0 Å². The van der Waals surface area contributed by atoms with E-state index in [1.807, 2.05) is 12.3 Å². The number of aliphatic hydroxyl groups is 1. The molecule has 2 heterocycles. The molecule has 0 unspecified atom stereocenters. The largest absolute Gasteiger partial charge is 0.395 e. The van der Waals surface area contributed by atoms with E-state index >= 15 is 0 Å². The number of nitrogens with zero attached hydrogens (tertiary/aromatic N) is 2. The summed E-state index contributed by atoms with van der Waals surface area (Å²) in [5.74, 6) is -0.312. The van der Waals surface area contributed by atoms with Gasteiger partial charge in [-0.05, 0) is 35.9 Å². The number of thiophene rings is 1. The molecule has 5 nitrogen and oxygen atoms in total. The Kier molecular flexibility index (Phi) is 4.64. The summed E-state index contributed by atoms with van der Waals surface area (Å²) in [6.45, 7) is 1.73. The Labute approximate surface area is 141 Å². The van der Waals surface area contributed by atoms with Crippen LogP contribution in [0.2, 0.25) is 0 Å². The first-order valence-electron chi connectivity index (χ1n) is 7.60. The number of aromatic nitrogens is 2. The number of halogens is 1. The lowest BCUT2D eigenvalue weighted by Crippen LogP contribution is -2.40. The van der Waals surface area contributed by atoms with Crippen molar-refractivity contribution in [2.45, 2.75) is 26.4 Å². The molecule has 0 radical (unpaired) electrons. The second-order valence-corrected chi connectivity index (χ2v) is 6.41. The van der Waals surface area contributed by atoms with Gasteiger partial charge >= 0.3 is 5.69 Å². The third-order valence-corrected chi connectivity index (χ3v) is 5.13. The van der Waals surface area contributed by atoms with Crippen LogP contribution in [0.5, 0.6) is 0 Å². The summed E-state index contributed by atoms with van der Waals surface area (Å²) < 4.78 is 16.3. The lowest BCUT2D eigenvalue weighted by Gasteiger charge is -2.12. The second-order valence-electron chi connectivity index (χ2n) is 5.55. The van der Waals surface area contributed by atoms with Gasteiger partial charge in [0.05, 0.1) is 18.5 Å². The number of benzene rings is 1. The van der Waals surface area contributed by atoms with Crippen molar-refractivity contribution in [3.63, 3.8) is 0 Å². The molecule has 2 aromatic heterocycles. The molecule has 0 saturated heterocycles. The number of aliphatic hydroxyl groups excluding tert-OH is 1. The van der Waals surface area contributed by atoms with E-state index in [0.717, 1.165) is 10.1 Å². The maximum atomic E-state index is 13.8. The molecule has 1 N–H and O–H groups in total. The molecule has 0 fully saturated rings.